The third-order valence-electron chi connectivity index (χ3n) is 4.02. The summed E-state index contributed by atoms with van der Waals surface area (Å²) in [4.78, 5) is 0. The Bertz CT molecular complexity index is 973. The molecule has 0 spiro atoms. The summed E-state index contributed by atoms with van der Waals surface area (Å²) in [7, 11) is 0. The van der Waals surface area contributed by atoms with Crippen molar-refractivity contribution in [2.75, 3.05) is 0 Å². The molecule has 2 aromatic heterocycles. The number of rotatable bonds is 6. The van der Waals surface area contributed by atoms with E-state index in [1.165, 1.54) is 0 Å². The van der Waals surface area contributed by atoms with Gasteiger partial charge in [-0.25, -0.2) is 0 Å². The van der Waals surface area contributed by atoms with E-state index in [0.717, 1.165) is 22.2 Å². The molecule has 0 unspecified atom stereocenters. The Kier molecular flexibility index (Phi) is 4.23. The molecule has 1 N–H and O–H groups in total. The molecule has 0 radical (unpaired) electrons. The minimum absolute atomic E-state index is 0.106. The summed E-state index contributed by atoms with van der Waals surface area (Å²) < 4.78 is 13.4. The number of hydrogen-bond acceptors (Lipinski definition) is 4. The van der Waals surface area contributed by atoms with Gasteiger partial charge in [0.15, 0.2) is 0 Å². The summed E-state index contributed by atoms with van der Waals surface area (Å²) in [5.74, 6) is 1.90. The number of furan rings is 1. The van der Waals surface area contributed by atoms with E-state index in [4.69, 9.17) is 14.3 Å². The van der Waals surface area contributed by atoms with Crippen LogP contribution in [0.1, 0.15) is 17.1 Å². The highest BCUT2D eigenvalue weighted by Gasteiger charge is 2.13. The van der Waals surface area contributed by atoms with E-state index in [-0.39, 0.29) is 6.61 Å². The first kappa shape index (κ1) is 15.5. The lowest BCUT2D eigenvalue weighted by Crippen LogP contribution is -2.02. The minimum Gasteiger partial charge on any atom is -0.471 e. The number of para-hydroxylation sites is 1. The average Bonchev–Trinajstić information content (AvgIpc) is 3.26. The van der Waals surface area contributed by atoms with Gasteiger partial charge in [-0.2, -0.15) is 0 Å². The highest BCUT2D eigenvalue weighted by atomic mass is 16.5. The molecular formula is C20H18N2O3. The fraction of sp³-hybridized carbons (Fsp3) is 0.150. The summed E-state index contributed by atoms with van der Waals surface area (Å²) >= 11 is 0. The molecule has 0 saturated carbocycles. The monoisotopic (exact) mass is 334 g/mol. The van der Waals surface area contributed by atoms with Crippen LogP contribution in [-0.4, -0.2) is 14.9 Å². The van der Waals surface area contributed by atoms with Crippen molar-refractivity contribution in [3.63, 3.8) is 0 Å². The van der Waals surface area contributed by atoms with Crippen molar-refractivity contribution < 1.29 is 14.3 Å². The lowest BCUT2D eigenvalue weighted by molar-refractivity contribution is 0.242. The number of ether oxygens (including phenoxy) is 1. The molecule has 0 amide bonds. The number of hydrogen-bond donors (Lipinski definition) is 1. The normalized spacial score (nSPS) is 11.1. The number of aliphatic hydroxyl groups is 1. The van der Waals surface area contributed by atoms with Crippen molar-refractivity contribution in [1.29, 1.82) is 0 Å². The molecule has 5 nitrogen and oxygen atoms in total. The molecule has 4 rings (SSSR count). The van der Waals surface area contributed by atoms with E-state index in [2.05, 4.69) is 5.10 Å². The molecule has 0 aliphatic rings. The summed E-state index contributed by atoms with van der Waals surface area (Å²) in [5.41, 5.74) is 2.08. The molecule has 5 heteroatoms. The Balaban J connectivity index is 1.61. The molecule has 0 saturated heterocycles. The first-order valence-electron chi connectivity index (χ1n) is 8.14. The molecule has 2 heterocycles. The van der Waals surface area contributed by atoms with Crippen molar-refractivity contribution in [2.24, 2.45) is 0 Å². The van der Waals surface area contributed by atoms with Gasteiger partial charge in [0, 0.05) is 0 Å². The highest BCUT2D eigenvalue weighted by molar-refractivity contribution is 5.84. The zero-order valence-corrected chi connectivity index (χ0v) is 13.6. The number of nitrogens with zero attached hydrogens (tertiary/aromatic N) is 2. The second-order valence-corrected chi connectivity index (χ2v) is 5.78. The van der Waals surface area contributed by atoms with Gasteiger partial charge in [-0.3, -0.25) is 4.68 Å². The van der Waals surface area contributed by atoms with Gasteiger partial charge in [-0.1, -0.05) is 42.5 Å². The first-order chi connectivity index (χ1) is 12.3. The van der Waals surface area contributed by atoms with Crippen LogP contribution in [0.2, 0.25) is 0 Å². The van der Waals surface area contributed by atoms with Crippen molar-refractivity contribution in [3.8, 4) is 5.88 Å². The number of benzene rings is 2. The van der Waals surface area contributed by atoms with Gasteiger partial charge in [0.05, 0.1) is 17.4 Å². The average molecular weight is 334 g/mol. The summed E-state index contributed by atoms with van der Waals surface area (Å²) in [6, 6.07) is 21.6. The van der Waals surface area contributed by atoms with Crippen LogP contribution in [0.15, 0.2) is 71.1 Å². The smallest absolute Gasteiger partial charge is 0.241 e. The molecule has 4 aromatic rings. The van der Waals surface area contributed by atoms with Crippen LogP contribution in [0.5, 0.6) is 5.88 Å². The van der Waals surface area contributed by atoms with E-state index < -0.39 is 0 Å². The van der Waals surface area contributed by atoms with E-state index in [1.807, 2.05) is 65.3 Å². The zero-order valence-electron chi connectivity index (χ0n) is 13.6. The Morgan fingerprint density at radius 1 is 0.920 bits per heavy atom. The van der Waals surface area contributed by atoms with Gasteiger partial charge in [-0.15, -0.1) is 5.10 Å². The summed E-state index contributed by atoms with van der Waals surface area (Å²) in [6.45, 7) is 0.845. The largest absolute Gasteiger partial charge is 0.471 e. The van der Waals surface area contributed by atoms with Gasteiger partial charge in [0.2, 0.25) is 5.88 Å². The van der Waals surface area contributed by atoms with Crippen LogP contribution in [0.3, 0.4) is 0 Å². The molecule has 25 heavy (non-hydrogen) atoms. The maximum Gasteiger partial charge on any atom is 0.241 e. The number of aliphatic hydroxyl groups excluding tert-OH is 1. The Morgan fingerprint density at radius 2 is 1.68 bits per heavy atom. The van der Waals surface area contributed by atoms with Crippen LogP contribution < -0.4 is 4.74 Å². The molecule has 126 valence electrons. The quantitative estimate of drug-likeness (QED) is 0.583. The third kappa shape index (κ3) is 3.27. The van der Waals surface area contributed by atoms with Crippen molar-refractivity contribution in [3.05, 3.63) is 83.8 Å². The molecule has 0 fully saturated rings. The summed E-state index contributed by atoms with van der Waals surface area (Å²) in [6.07, 6.45) is 0. The van der Waals surface area contributed by atoms with Gasteiger partial charge in [-0.05, 0) is 29.8 Å². The zero-order chi connectivity index (χ0) is 17.1. The van der Waals surface area contributed by atoms with Gasteiger partial charge in [0.1, 0.15) is 24.7 Å². The Labute approximate surface area is 145 Å². The number of aromatic nitrogens is 2. The van der Waals surface area contributed by atoms with Crippen LogP contribution >= 0.6 is 0 Å². The minimum atomic E-state index is -0.106. The predicted molar refractivity (Wildman–Crippen MR) is 94.2 cm³/mol. The first-order valence-corrected chi connectivity index (χ1v) is 8.14. The Hall–Kier alpha value is -3.05. The standard InChI is InChI=1S/C20H18N2O3/c23-13-17-11-10-16(25-17)12-22-19-9-5-4-8-18(19)20(21-22)24-14-15-6-2-1-3-7-15/h1-11,23H,12-14H2. The molecule has 2 aromatic carbocycles. The van der Waals surface area contributed by atoms with E-state index >= 15 is 0 Å². The summed E-state index contributed by atoms with van der Waals surface area (Å²) in [5, 5.41) is 14.7. The second-order valence-electron chi connectivity index (χ2n) is 5.78. The third-order valence-corrected chi connectivity index (χ3v) is 4.02. The maximum absolute atomic E-state index is 9.13. The molecule has 0 aliphatic carbocycles. The topological polar surface area (TPSA) is 60.4 Å². The van der Waals surface area contributed by atoms with E-state index in [9.17, 15) is 0 Å². The van der Waals surface area contributed by atoms with Gasteiger partial charge < -0.3 is 14.3 Å². The van der Waals surface area contributed by atoms with Crippen LogP contribution in [0, 0.1) is 0 Å². The fourth-order valence-electron chi connectivity index (χ4n) is 2.79. The second kappa shape index (κ2) is 6.83. The van der Waals surface area contributed by atoms with Crippen LogP contribution in [0.25, 0.3) is 10.9 Å². The van der Waals surface area contributed by atoms with Crippen LogP contribution in [-0.2, 0) is 19.8 Å². The van der Waals surface area contributed by atoms with E-state index in [0.29, 0.717) is 24.8 Å². The SMILES string of the molecule is OCc1ccc(Cn2nc(OCc3ccccc3)c3ccccc32)o1. The lowest BCUT2D eigenvalue weighted by atomic mass is 10.2. The van der Waals surface area contributed by atoms with Gasteiger partial charge in [0.25, 0.3) is 0 Å². The molecule has 0 atom stereocenters. The van der Waals surface area contributed by atoms with Crippen molar-refractivity contribution in [1.82, 2.24) is 9.78 Å². The molecule has 0 aliphatic heterocycles. The van der Waals surface area contributed by atoms with Gasteiger partial charge >= 0.3 is 0 Å². The predicted octanol–water partition coefficient (Wildman–Crippen LogP) is 3.75. The Morgan fingerprint density at radius 3 is 2.48 bits per heavy atom. The maximum atomic E-state index is 9.13. The molecular weight excluding hydrogens is 316 g/mol. The van der Waals surface area contributed by atoms with Crippen molar-refractivity contribution in [2.45, 2.75) is 19.8 Å². The molecule has 0 bridgehead atoms. The van der Waals surface area contributed by atoms with E-state index in [1.54, 1.807) is 6.07 Å². The fourth-order valence-corrected chi connectivity index (χ4v) is 2.79. The highest BCUT2D eigenvalue weighted by Crippen LogP contribution is 2.26. The lowest BCUT2D eigenvalue weighted by Gasteiger charge is -2.03. The van der Waals surface area contributed by atoms with Crippen LogP contribution in [0.4, 0.5) is 0 Å². The number of fused-ring (bicyclic) bond motifs is 1. The van der Waals surface area contributed by atoms with Crippen molar-refractivity contribution >= 4 is 10.9 Å².